The lowest BCUT2D eigenvalue weighted by Crippen LogP contribution is -2.29. The van der Waals surface area contributed by atoms with Gasteiger partial charge in [-0.1, -0.05) is 6.92 Å². The number of nitro groups is 1. The molecule has 6 nitrogen and oxygen atoms in total. The highest BCUT2D eigenvalue weighted by molar-refractivity contribution is 7.99. The first-order chi connectivity index (χ1) is 8.45. The standard InChI is InChI=1S/C11H15N3O3S/c1-7(18-2)6-13-11(15)9-5-8(14(16)17)3-4-10(9)12/h3-5,7H,6,12H2,1-2H3,(H,13,15). The largest absolute Gasteiger partial charge is 0.398 e. The van der Waals surface area contributed by atoms with Crippen molar-refractivity contribution in [1.82, 2.24) is 5.32 Å². The minimum atomic E-state index is -0.555. The van der Waals surface area contributed by atoms with E-state index in [9.17, 15) is 14.9 Å². The second kappa shape index (κ2) is 6.25. The van der Waals surface area contributed by atoms with Crippen molar-refractivity contribution in [2.24, 2.45) is 0 Å². The van der Waals surface area contributed by atoms with Crippen molar-refractivity contribution in [3.8, 4) is 0 Å². The number of nitrogens with zero attached hydrogens (tertiary/aromatic N) is 1. The van der Waals surface area contributed by atoms with E-state index in [1.165, 1.54) is 18.2 Å². The Hall–Kier alpha value is -1.76. The van der Waals surface area contributed by atoms with Crippen molar-refractivity contribution in [2.75, 3.05) is 18.5 Å². The Balaban J connectivity index is 2.84. The van der Waals surface area contributed by atoms with Crippen molar-refractivity contribution in [2.45, 2.75) is 12.2 Å². The molecule has 3 N–H and O–H groups in total. The quantitative estimate of drug-likeness (QED) is 0.481. The van der Waals surface area contributed by atoms with Crippen molar-refractivity contribution >= 4 is 29.0 Å². The van der Waals surface area contributed by atoms with Gasteiger partial charge in [-0.05, 0) is 12.3 Å². The highest BCUT2D eigenvalue weighted by Crippen LogP contribution is 2.19. The summed E-state index contributed by atoms with van der Waals surface area (Å²) in [6.45, 7) is 2.46. The number of non-ortho nitro benzene ring substituents is 1. The number of nitrogen functional groups attached to an aromatic ring is 1. The van der Waals surface area contributed by atoms with Crippen LogP contribution in [-0.2, 0) is 0 Å². The van der Waals surface area contributed by atoms with Crippen LogP contribution in [0.5, 0.6) is 0 Å². The number of rotatable bonds is 5. The number of hydrogen-bond donors (Lipinski definition) is 2. The van der Waals surface area contributed by atoms with Crippen LogP contribution < -0.4 is 11.1 Å². The maximum Gasteiger partial charge on any atom is 0.270 e. The zero-order valence-corrected chi connectivity index (χ0v) is 11.0. The van der Waals surface area contributed by atoms with Crippen molar-refractivity contribution in [1.29, 1.82) is 0 Å². The molecule has 1 amide bonds. The van der Waals surface area contributed by atoms with Crippen molar-refractivity contribution in [3.63, 3.8) is 0 Å². The fraction of sp³-hybridized carbons (Fsp3) is 0.364. The molecule has 7 heteroatoms. The average molecular weight is 269 g/mol. The van der Waals surface area contributed by atoms with Gasteiger partial charge in [-0.2, -0.15) is 11.8 Å². The zero-order valence-electron chi connectivity index (χ0n) is 10.2. The Kier molecular flexibility index (Phi) is 4.96. The van der Waals surface area contributed by atoms with Gasteiger partial charge in [-0.15, -0.1) is 0 Å². The highest BCUT2D eigenvalue weighted by Gasteiger charge is 2.15. The van der Waals surface area contributed by atoms with Gasteiger partial charge in [-0.25, -0.2) is 0 Å². The Morgan fingerprint density at radius 1 is 1.61 bits per heavy atom. The lowest BCUT2D eigenvalue weighted by molar-refractivity contribution is -0.384. The lowest BCUT2D eigenvalue weighted by Gasteiger charge is -2.10. The Labute approximate surface area is 109 Å². The first-order valence-electron chi connectivity index (χ1n) is 5.30. The summed E-state index contributed by atoms with van der Waals surface area (Å²) < 4.78 is 0. The minimum Gasteiger partial charge on any atom is -0.398 e. The molecule has 0 radical (unpaired) electrons. The van der Waals surface area contributed by atoms with Gasteiger partial charge in [0.05, 0.1) is 10.5 Å². The molecule has 98 valence electrons. The summed E-state index contributed by atoms with van der Waals surface area (Å²) in [6.07, 6.45) is 1.94. The number of thioether (sulfide) groups is 1. The molecule has 1 unspecified atom stereocenters. The molecular formula is C11H15N3O3S. The van der Waals surface area contributed by atoms with Gasteiger partial charge in [0.1, 0.15) is 0 Å². The molecule has 0 aliphatic carbocycles. The first-order valence-corrected chi connectivity index (χ1v) is 6.59. The predicted molar refractivity (Wildman–Crippen MR) is 72.8 cm³/mol. The third-order valence-electron chi connectivity index (χ3n) is 2.44. The van der Waals surface area contributed by atoms with E-state index in [1.807, 2.05) is 13.2 Å². The van der Waals surface area contributed by atoms with Gasteiger partial charge < -0.3 is 11.1 Å². The van der Waals surface area contributed by atoms with E-state index < -0.39 is 10.8 Å². The molecule has 0 fully saturated rings. The normalized spacial score (nSPS) is 11.9. The van der Waals surface area contributed by atoms with Crippen LogP contribution in [0, 0.1) is 10.1 Å². The average Bonchev–Trinajstić information content (AvgIpc) is 2.35. The summed E-state index contributed by atoms with van der Waals surface area (Å²) >= 11 is 1.62. The maximum atomic E-state index is 11.8. The molecule has 18 heavy (non-hydrogen) atoms. The maximum absolute atomic E-state index is 11.8. The fourth-order valence-corrected chi connectivity index (χ4v) is 1.52. The molecule has 1 aromatic carbocycles. The van der Waals surface area contributed by atoms with E-state index in [2.05, 4.69) is 5.32 Å². The van der Waals surface area contributed by atoms with Gasteiger partial charge in [0.15, 0.2) is 0 Å². The van der Waals surface area contributed by atoms with Gasteiger partial charge in [0.2, 0.25) is 0 Å². The van der Waals surface area contributed by atoms with Gasteiger partial charge in [0, 0.05) is 29.6 Å². The van der Waals surface area contributed by atoms with Crippen LogP contribution in [0.2, 0.25) is 0 Å². The molecule has 0 saturated carbocycles. The SMILES string of the molecule is CSC(C)CNC(=O)c1cc([N+](=O)[O-])ccc1N. The lowest BCUT2D eigenvalue weighted by atomic mass is 10.1. The number of carbonyl (C=O) groups excluding carboxylic acids is 1. The molecule has 1 atom stereocenters. The molecule has 0 aliphatic heterocycles. The second-order valence-corrected chi connectivity index (χ2v) is 5.06. The monoisotopic (exact) mass is 269 g/mol. The molecule has 0 spiro atoms. The summed E-state index contributed by atoms with van der Waals surface area (Å²) in [5, 5.41) is 13.6. The van der Waals surface area contributed by atoms with E-state index >= 15 is 0 Å². The Morgan fingerprint density at radius 2 is 2.28 bits per heavy atom. The molecule has 1 rings (SSSR count). The van der Waals surface area contributed by atoms with Crippen LogP contribution >= 0.6 is 11.8 Å². The van der Waals surface area contributed by atoms with Crippen molar-refractivity contribution < 1.29 is 9.72 Å². The number of carbonyl (C=O) groups is 1. The van der Waals surface area contributed by atoms with Crippen molar-refractivity contribution in [3.05, 3.63) is 33.9 Å². The third-order valence-corrected chi connectivity index (χ3v) is 3.42. The summed E-state index contributed by atoms with van der Waals surface area (Å²) in [5.74, 6) is -0.392. The number of benzene rings is 1. The molecule has 0 saturated heterocycles. The second-order valence-electron chi connectivity index (χ2n) is 3.79. The van der Waals surface area contributed by atoms with Gasteiger partial charge in [-0.3, -0.25) is 14.9 Å². The van der Waals surface area contributed by atoms with E-state index in [0.717, 1.165) is 0 Å². The molecular weight excluding hydrogens is 254 g/mol. The zero-order chi connectivity index (χ0) is 13.7. The fourth-order valence-electron chi connectivity index (χ4n) is 1.27. The molecule has 0 aromatic heterocycles. The van der Waals surface area contributed by atoms with Crippen LogP contribution in [0.25, 0.3) is 0 Å². The van der Waals surface area contributed by atoms with E-state index in [4.69, 9.17) is 5.73 Å². The number of nitrogens with one attached hydrogen (secondary N) is 1. The molecule has 1 aromatic rings. The van der Waals surface area contributed by atoms with E-state index in [1.54, 1.807) is 11.8 Å². The number of hydrogen-bond acceptors (Lipinski definition) is 5. The number of amides is 1. The number of anilines is 1. The van der Waals surface area contributed by atoms with Gasteiger partial charge in [0.25, 0.3) is 11.6 Å². The van der Waals surface area contributed by atoms with Gasteiger partial charge >= 0.3 is 0 Å². The first kappa shape index (κ1) is 14.3. The molecule has 0 bridgehead atoms. The summed E-state index contributed by atoms with van der Waals surface area (Å²) in [5.41, 5.74) is 5.86. The highest BCUT2D eigenvalue weighted by atomic mass is 32.2. The molecule has 0 heterocycles. The number of nitro benzene ring substituents is 1. The van der Waals surface area contributed by atoms with Crippen LogP contribution in [0.4, 0.5) is 11.4 Å². The summed E-state index contributed by atoms with van der Waals surface area (Å²) in [4.78, 5) is 21.9. The Bertz CT molecular complexity index is 465. The van der Waals surface area contributed by atoms with E-state index in [-0.39, 0.29) is 22.2 Å². The number of nitrogens with two attached hydrogens (primary N) is 1. The summed E-state index contributed by atoms with van der Waals surface area (Å²) in [6, 6.07) is 3.83. The van der Waals surface area contributed by atoms with Crippen LogP contribution in [0.15, 0.2) is 18.2 Å². The molecule has 0 aliphatic rings. The summed E-state index contributed by atoms with van der Waals surface area (Å²) in [7, 11) is 0. The Morgan fingerprint density at radius 3 is 2.83 bits per heavy atom. The third kappa shape index (κ3) is 3.63. The minimum absolute atomic E-state index is 0.137. The topological polar surface area (TPSA) is 98.3 Å². The van der Waals surface area contributed by atoms with Crippen LogP contribution in [-0.4, -0.2) is 28.9 Å². The predicted octanol–water partition coefficient (Wildman–Crippen LogP) is 1.66. The van der Waals surface area contributed by atoms with E-state index in [0.29, 0.717) is 6.54 Å². The smallest absolute Gasteiger partial charge is 0.270 e. The van der Waals surface area contributed by atoms with Crippen LogP contribution in [0.1, 0.15) is 17.3 Å². The van der Waals surface area contributed by atoms with Crippen LogP contribution in [0.3, 0.4) is 0 Å².